The Bertz CT molecular complexity index is 578. The highest BCUT2D eigenvalue weighted by molar-refractivity contribution is 5.44. The average molecular weight is 219 g/mol. The minimum absolute atomic E-state index is 0.134. The molecule has 0 aromatic carbocycles. The van der Waals surface area contributed by atoms with E-state index < -0.39 is 0 Å². The Hall–Kier alpha value is -1.85. The van der Waals surface area contributed by atoms with Gasteiger partial charge in [-0.3, -0.25) is 9.78 Å². The van der Waals surface area contributed by atoms with Crippen molar-refractivity contribution in [3.63, 3.8) is 0 Å². The van der Waals surface area contributed by atoms with Crippen LogP contribution in [0.5, 0.6) is 0 Å². The molecular weight excluding hydrogens is 206 g/mol. The van der Waals surface area contributed by atoms with Crippen molar-refractivity contribution in [3.05, 3.63) is 22.4 Å². The molecule has 1 saturated carbocycles. The van der Waals surface area contributed by atoms with Gasteiger partial charge < -0.3 is 5.73 Å². The molecule has 1 fully saturated rings. The van der Waals surface area contributed by atoms with Gasteiger partial charge in [-0.1, -0.05) is 12.8 Å². The zero-order chi connectivity index (χ0) is 11.1. The highest BCUT2D eigenvalue weighted by Crippen LogP contribution is 2.32. The molecule has 0 spiro atoms. The Balaban J connectivity index is 2.22. The lowest BCUT2D eigenvalue weighted by Crippen LogP contribution is -2.16. The molecule has 2 aromatic heterocycles. The lowest BCUT2D eigenvalue weighted by molar-refractivity contribution is 0.641. The minimum atomic E-state index is -0.232. The molecule has 6 heteroatoms. The highest BCUT2D eigenvalue weighted by atomic mass is 16.1. The summed E-state index contributed by atoms with van der Waals surface area (Å²) in [6.07, 6.45) is 6.25. The topological polar surface area (TPSA) is 89.1 Å². The quantitative estimate of drug-likeness (QED) is 0.737. The van der Waals surface area contributed by atoms with Crippen molar-refractivity contribution in [2.45, 2.75) is 31.6 Å². The van der Waals surface area contributed by atoms with Crippen molar-refractivity contribution in [1.82, 2.24) is 19.6 Å². The molecular formula is C10H13N5O. The lowest BCUT2D eigenvalue weighted by atomic mass is 10.1. The zero-order valence-electron chi connectivity index (χ0n) is 8.81. The lowest BCUT2D eigenvalue weighted by Gasteiger charge is -2.06. The number of hydrogen-bond donors (Lipinski definition) is 2. The van der Waals surface area contributed by atoms with E-state index >= 15 is 0 Å². The Morgan fingerprint density at radius 3 is 2.94 bits per heavy atom. The third-order valence-corrected chi connectivity index (χ3v) is 3.17. The second-order valence-electron chi connectivity index (χ2n) is 4.23. The summed E-state index contributed by atoms with van der Waals surface area (Å²) in [7, 11) is 0. The number of nitrogens with one attached hydrogen (secondary N) is 1. The maximum absolute atomic E-state index is 11.6. The van der Waals surface area contributed by atoms with Crippen LogP contribution >= 0.6 is 0 Å². The molecule has 2 aromatic rings. The summed E-state index contributed by atoms with van der Waals surface area (Å²) in [6, 6.07) is 0. The number of imidazole rings is 1. The Morgan fingerprint density at radius 1 is 1.44 bits per heavy atom. The first-order chi connectivity index (χ1) is 7.75. The molecule has 3 N–H and O–H groups in total. The standard InChI is InChI=1S/C10H13N5O/c11-10-13-9(16)7-5-12-8(15(7)14-10)6-3-1-2-4-6/h5-6H,1-4H2,(H3,11,13,14,16). The fourth-order valence-corrected chi connectivity index (χ4v) is 2.40. The molecule has 84 valence electrons. The van der Waals surface area contributed by atoms with Gasteiger partial charge in [0.25, 0.3) is 5.56 Å². The first-order valence-corrected chi connectivity index (χ1v) is 5.49. The van der Waals surface area contributed by atoms with E-state index in [1.165, 1.54) is 12.8 Å². The normalized spacial score (nSPS) is 17.2. The zero-order valence-corrected chi connectivity index (χ0v) is 8.81. The van der Waals surface area contributed by atoms with Crippen molar-refractivity contribution in [3.8, 4) is 0 Å². The Kier molecular flexibility index (Phi) is 1.95. The summed E-state index contributed by atoms with van der Waals surface area (Å²) < 4.78 is 1.59. The van der Waals surface area contributed by atoms with Crippen molar-refractivity contribution < 1.29 is 0 Å². The second kappa shape index (κ2) is 3.33. The van der Waals surface area contributed by atoms with Crippen LogP contribution < -0.4 is 11.3 Å². The van der Waals surface area contributed by atoms with Gasteiger partial charge in [-0.15, -0.1) is 5.10 Å². The summed E-state index contributed by atoms with van der Waals surface area (Å²) in [5.74, 6) is 1.41. The molecule has 0 amide bonds. The largest absolute Gasteiger partial charge is 0.368 e. The monoisotopic (exact) mass is 219 g/mol. The average Bonchev–Trinajstić information content (AvgIpc) is 2.83. The summed E-state index contributed by atoms with van der Waals surface area (Å²) >= 11 is 0. The molecule has 2 heterocycles. The smallest absolute Gasteiger partial charge is 0.278 e. The van der Waals surface area contributed by atoms with Crippen molar-refractivity contribution in [2.24, 2.45) is 0 Å². The van der Waals surface area contributed by atoms with Gasteiger partial charge in [0, 0.05) is 5.92 Å². The van der Waals surface area contributed by atoms with Crippen molar-refractivity contribution in [2.75, 3.05) is 5.73 Å². The number of rotatable bonds is 1. The number of anilines is 1. The van der Waals surface area contributed by atoms with Crippen LogP contribution in [-0.2, 0) is 0 Å². The van der Waals surface area contributed by atoms with Gasteiger partial charge in [0.15, 0.2) is 5.52 Å². The van der Waals surface area contributed by atoms with E-state index in [-0.39, 0.29) is 11.5 Å². The molecule has 1 aliphatic rings. The highest BCUT2D eigenvalue weighted by Gasteiger charge is 2.22. The summed E-state index contributed by atoms with van der Waals surface area (Å²) in [4.78, 5) is 18.4. The molecule has 1 aliphatic carbocycles. The predicted molar refractivity (Wildman–Crippen MR) is 59.2 cm³/mol. The molecule has 3 rings (SSSR count). The van der Waals surface area contributed by atoms with Crippen LogP contribution in [0.15, 0.2) is 11.0 Å². The molecule has 16 heavy (non-hydrogen) atoms. The molecule has 0 radical (unpaired) electrons. The van der Waals surface area contributed by atoms with Crippen LogP contribution in [0.4, 0.5) is 5.95 Å². The summed E-state index contributed by atoms with van der Waals surface area (Å²) in [5.41, 5.74) is 5.77. The van der Waals surface area contributed by atoms with Gasteiger partial charge in [0.05, 0.1) is 6.20 Å². The third kappa shape index (κ3) is 1.30. The minimum Gasteiger partial charge on any atom is -0.368 e. The number of aromatic nitrogens is 4. The number of nitrogens with zero attached hydrogens (tertiary/aromatic N) is 3. The van der Waals surface area contributed by atoms with Crippen molar-refractivity contribution in [1.29, 1.82) is 0 Å². The SMILES string of the molecule is Nc1nn2c(C3CCCC3)ncc2c(=O)[nH]1. The fraction of sp³-hybridized carbons (Fsp3) is 0.500. The van der Waals surface area contributed by atoms with Crippen LogP contribution in [0.2, 0.25) is 0 Å². The van der Waals surface area contributed by atoms with E-state index in [1.807, 2.05) is 0 Å². The first-order valence-electron chi connectivity index (χ1n) is 5.49. The van der Waals surface area contributed by atoms with Gasteiger partial charge >= 0.3 is 0 Å². The molecule has 0 aliphatic heterocycles. The van der Waals surface area contributed by atoms with E-state index in [0.29, 0.717) is 11.4 Å². The second-order valence-corrected chi connectivity index (χ2v) is 4.23. The van der Waals surface area contributed by atoms with Gasteiger partial charge in [0.1, 0.15) is 5.82 Å². The Labute approximate surface area is 91.5 Å². The summed E-state index contributed by atoms with van der Waals surface area (Å²) in [5, 5.41) is 4.12. The molecule has 0 saturated heterocycles. The fourth-order valence-electron chi connectivity index (χ4n) is 2.40. The number of H-pyrrole nitrogens is 1. The van der Waals surface area contributed by atoms with Crippen LogP contribution in [0.1, 0.15) is 37.4 Å². The molecule has 0 unspecified atom stereocenters. The number of nitrogens with two attached hydrogens (primary N) is 1. The van der Waals surface area contributed by atoms with E-state index in [0.717, 1.165) is 18.7 Å². The summed E-state index contributed by atoms with van der Waals surface area (Å²) in [6.45, 7) is 0. The van der Waals surface area contributed by atoms with Crippen molar-refractivity contribution >= 4 is 11.5 Å². The molecule has 6 nitrogen and oxygen atoms in total. The number of fused-ring (bicyclic) bond motifs is 1. The van der Waals surface area contributed by atoms with E-state index in [1.54, 1.807) is 10.7 Å². The van der Waals surface area contributed by atoms with Crippen LogP contribution in [-0.4, -0.2) is 19.6 Å². The van der Waals surface area contributed by atoms with Gasteiger partial charge in [-0.2, -0.15) is 0 Å². The van der Waals surface area contributed by atoms with Crippen LogP contribution in [0.3, 0.4) is 0 Å². The first kappa shape index (κ1) is 9.38. The number of nitrogen functional groups attached to an aromatic ring is 1. The number of aromatic amines is 1. The van der Waals surface area contributed by atoms with Crippen LogP contribution in [0, 0.1) is 0 Å². The van der Waals surface area contributed by atoms with E-state index in [9.17, 15) is 4.79 Å². The third-order valence-electron chi connectivity index (χ3n) is 3.17. The number of hydrogen-bond acceptors (Lipinski definition) is 4. The maximum Gasteiger partial charge on any atom is 0.278 e. The van der Waals surface area contributed by atoms with Crippen LogP contribution in [0.25, 0.3) is 5.52 Å². The molecule has 0 bridgehead atoms. The molecule has 0 atom stereocenters. The predicted octanol–water partition coefficient (Wildman–Crippen LogP) is 0.657. The van der Waals surface area contributed by atoms with Gasteiger partial charge in [-0.25, -0.2) is 9.50 Å². The van der Waals surface area contributed by atoms with Gasteiger partial charge in [0.2, 0.25) is 5.95 Å². The van der Waals surface area contributed by atoms with E-state index in [4.69, 9.17) is 5.73 Å². The van der Waals surface area contributed by atoms with E-state index in [2.05, 4.69) is 15.1 Å². The van der Waals surface area contributed by atoms with Gasteiger partial charge in [-0.05, 0) is 12.8 Å². The Morgan fingerprint density at radius 2 is 2.19 bits per heavy atom. The maximum atomic E-state index is 11.6.